The Morgan fingerprint density at radius 2 is 2.18 bits per heavy atom. The van der Waals surface area contributed by atoms with E-state index in [0.717, 1.165) is 23.9 Å². The minimum absolute atomic E-state index is 0.353. The van der Waals surface area contributed by atoms with Crippen LogP contribution >= 0.6 is 22.9 Å². The van der Waals surface area contributed by atoms with Crippen LogP contribution in [-0.2, 0) is 9.47 Å². The van der Waals surface area contributed by atoms with Gasteiger partial charge in [-0.2, -0.15) is 0 Å². The first-order chi connectivity index (χ1) is 8.24. The molecule has 0 fully saturated rings. The number of hydrogen-bond acceptors (Lipinski definition) is 4. The third-order valence-corrected chi connectivity index (χ3v) is 3.78. The summed E-state index contributed by atoms with van der Waals surface area (Å²) < 4.78 is 11.1. The average Bonchev–Trinajstić information content (AvgIpc) is 2.74. The fraction of sp³-hybridized carbons (Fsp3) is 0.667. The fourth-order valence-corrected chi connectivity index (χ4v) is 2.49. The van der Waals surface area contributed by atoms with Crippen LogP contribution in [0.4, 0.5) is 0 Å². The maximum absolute atomic E-state index is 5.90. The van der Waals surface area contributed by atoms with Crippen LogP contribution in [0.25, 0.3) is 0 Å². The third kappa shape index (κ3) is 6.38. The standard InChI is InChI=1S/C12H20ClNO2S/c1-10(11-4-5-12(13)17-11)14-6-3-7-16-9-8-15-2/h4-5,10,14H,3,6-9H2,1-2H3. The van der Waals surface area contributed by atoms with Crippen molar-refractivity contribution in [3.05, 3.63) is 21.3 Å². The van der Waals surface area contributed by atoms with Crippen LogP contribution in [0.15, 0.2) is 12.1 Å². The molecule has 1 rings (SSSR count). The zero-order valence-corrected chi connectivity index (χ0v) is 11.9. The second-order valence-corrected chi connectivity index (χ2v) is 5.52. The number of methoxy groups -OCH3 is 1. The van der Waals surface area contributed by atoms with E-state index in [9.17, 15) is 0 Å². The molecule has 0 aliphatic heterocycles. The summed E-state index contributed by atoms with van der Waals surface area (Å²) in [6.07, 6.45) is 1.01. The summed E-state index contributed by atoms with van der Waals surface area (Å²) in [5.74, 6) is 0. The van der Waals surface area contributed by atoms with Gasteiger partial charge in [0.1, 0.15) is 0 Å². The van der Waals surface area contributed by atoms with Crippen LogP contribution in [0.3, 0.4) is 0 Å². The maximum atomic E-state index is 5.90. The second kappa shape index (κ2) is 8.89. The molecule has 1 aromatic heterocycles. The SMILES string of the molecule is COCCOCCCNC(C)c1ccc(Cl)s1. The normalized spacial score (nSPS) is 12.9. The van der Waals surface area contributed by atoms with Gasteiger partial charge in [0.05, 0.1) is 17.6 Å². The summed E-state index contributed by atoms with van der Waals surface area (Å²) >= 11 is 7.52. The molecule has 0 aliphatic rings. The number of ether oxygens (including phenoxy) is 2. The van der Waals surface area contributed by atoms with Crippen LogP contribution in [0.1, 0.15) is 24.3 Å². The molecular weight excluding hydrogens is 258 g/mol. The number of halogens is 1. The number of rotatable bonds is 9. The molecule has 0 aliphatic carbocycles. The molecule has 0 amide bonds. The summed E-state index contributed by atoms with van der Waals surface area (Å²) in [5.41, 5.74) is 0. The van der Waals surface area contributed by atoms with Gasteiger partial charge in [0.25, 0.3) is 0 Å². The van der Waals surface area contributed by atoms with Gasteiger partial charge in [-0.25, -0.2) is 0 Å². The van der Waals surface area contributed by atoms with Gasteiger partial charge in [0.2, 0.25) is 0 Å². The highest BCUT2D eigenvalue weighted by molar-refractivity contribution is 7.16. The van der Waals surface area contributed by atoms with Gasteiger partial charge in [0, 0.05) is 24.6 Å². The summed E-state index contributed by atoms with van der Waals surface area (Å²) in [7, 11) is 1.68. The maximum Gasteiger partial charge on any atom is 0.0931 e. The summed E-state index contributed by atoms with van der Waals surface area (Å²) in [5, 5.41) is 3.44. The topological polar surface area (TPSA) is 30.5 Å². The first-order valence-electron chi connectivity index (χ1n) is 5.79. The summed E-state index contributed by atoms with van der Waals surface area (Å²) in [6.45, 7) is 5.20. The fourth-order valence-electron chi connectivity index (χ4n) is 1.40. The largest absolute Gasteiger partial charge is 0.382 e. The van der Waals surface area contributed by atoms with Gasteiger partial charge >= 0.3 is 0 Å². The first-order valence-corrected chi connectivity index (χ1v) is 6.98. The van der Waals surface area contributed by atoms with Crippen molar-refractivity contribution < 1.29 is 9.47 Å². The van der Waals surface area contributed by atoms with Crippen molar-refractivity contribution in [1.82, 2.24) is 5.32 Å². The highest BCUT2D eigenvalue weighted by atomic mass is 35.5. The molecule has 0 saturated heterocycles. The van der Waals surface area contributed by atoms with E-state index < -0.39 is 0 Å². The van der Waals surface area contributed by atoms with Gasteiger partial charge in [-0.05, 0) is 32.0 Å². The highest BCUT2D eigenvalue weighted by Gasteiger charge is 2.06. The van der Waals surface area contributed by atoms with E-state index in [1.165, 1.54) is 4.88 Å². The molecule has 0 bridgehead atoms. The molecule has 1 unspecified atom stereocenters. The Morgan fingerprint density at radius 1 is 1.35 bits per heavy atom. The number of nitrogens with one attached hydrogen (secondary N) is 1. The monoisotopic (exact) mass is 277 g/mol. The van der Waals surface area contributed by atoms with Gasteiger partial charge in [0.15, 0.2) is 0 Å². The number of hydrogen-bond donors (Lipinski definition) is 1. The Bertz CT molecular complexity index is 306. The Morgan fingerprint density at radius 3 is 2.82 bits per heavy atom. The summed E-state index contributed by atoms with van der Waals surface area (Å²) in [6, 6.07) is 4.36. The van der Waals surface area contributed by atoms with Crippen LogP contribution in [0.5, 0.6) is 0 Å². The predicted molar refractivity (Wildman–Crippen MR) is 73.1 cm³/mol. The molecule has 0 radical (unpaired) electrons. The Hall–Kier alpha value is -0.130. The minimum atomic E-state index is 0.353. The zero-order chi connectivity index (χ0) is 12.5. The second-order valence-electron chi connectivity index (χ2n) is 3.78. The van der Waals surface area contributed by atoms with E-state index in [2.05, 4.69) is 18.3 Å². The van der Waals surface area contributed by atoms with Crippen molar-refractivity contribution in [2.45, 2.75) is 19.4 Å². The van der Waals surface area contributed by atoms with E-state index in [0.29, 0.717) is 19.3 Å². The molecule has 1 heterocycles. The smallest absolute Gasteiger partial charge is 0.0931 e. The zero-order valence-electron chi connectivity index (χ0n) is 10.4. The Kier molecular flexibility index (Phi) is 7.81. The van der Waals surface area contributed by atoms with E-state index in [1.54, 1.807) is 18.4 Å². The minimum Gasteiger partial charge on any atom is -0.382 e. The van der Waals surface area contributed by atoms with Crippen molar-refractivity contribution in [3.8, 4) is 0 Å². The molecule has 1 N–H and O–H groups in total. The molecule has 0 saturated carbocycles. The lowest BCUT2D eigenvalue weighted by Crippen LogP contribution is -2.20. The lowest BCUT2D eigenvalue weighted by Gasteiger charge is -2.11. The molecule has 1 aromatic rings. The van der Waals surface area contributed by atoms with Gasteiger partial charge in [-0.3, -0.25) is 0 Å². The lowest BCUT2D eigenvalue weighted by molar-refractivity contribution is 0.0693. The third-order valence-electron chi connectivity index (χ3n) is 2.37. The molecule has 5 heteroatoms. The van der Waals surface area contributed by atoms with E-state index in [1.807, 2.05) is 6.07 Å². The molecule has 0 aromatic carbocycles. The molecule has 1 atom stereocenters. The van der Waals surface area contributed by atoms with Gasteiger partial charge < -0.3 is 14.8 Å². The lowest BCUT2D eigenvalue weighted by atomic mass is 10.2. The molecule has 3 nitrogen and oxygen atoms in total. The Balaban J connectivity index is 2.03. The van der Waals surface area contributed by atoms with Crippen LogP contribution in [0.2, 0.25) is 4.34 Å². The van der Waals surface area contributed by atoms with E-state index >= 15 is 0 Å². The molecular formula is C12H20ClNO2S. The van der Waals surface area contributed by atoms with Crippen molar-refractivity contribution in [2.75, 3.05) is 33.5 Å². The van der Waals surface area contributed by atoms with Crippen molar-refractivity contribution in [1.29, 1.82) is 0 Å². The summed E-state index contributed by atoms with van der Waals surface area (Å²) in [4.78, 5) is 1.27. The van der Waals surface area contributed by atoms with Crippen molar-refractivity contribution in [2.24, 2.45) is 0 Å². The Labute approximate surface area is 112 Å². The van der Waals surface area contributed by atoms with Crippen LogP contribution < -0.4 is 5.32 Å². The first kappa shape index (κ1) is 14.9. The molecule has 17 heavy (non-hydrogen) atoms. The molecule has 98 valence electrons. The number of thiophene rings is 1. The average molecular weight is 278 g/mol. The van der Waals surface area contributed by atoms with Crippen molar-refractivity contribution >= 4 is 22.9 Å². The quantitative estimate of drug-likeness (QED) is 0.704. The van der Waals surface area contributed by atoms with Crippen LogP contribution in [0, 0.1) is 0 Å². The highest BCUT2D eigenvalue weighted by Crippen LogP contribution is 2.26. The predicted octanol–water partition coefficient (Wildman–Crippen LogP) is 3.11. The van der Waals surface area contributed by atoms with Gasteiger partial charge in [-0.15, -0.1) is 11.3 Å². The van der Waals surface area contributed by atoms with Crippen LogP contribution in [-0.4, -0.2) is 33.5 Å². The van der Waals surface area contributed by atoms with E-state index in [4.69, 9.17) is 21.1 Å². The van der Waals surface area contributed by atoms with Crippen molar-refractivity contribution in [3.63, 3.8) is 0 Å². The van der Waals surface area contributed by atoms with E-state index in [-0.39, 0.29) is 0 Å². The molecule has 0 spiro atoms. The van der Waals surface area contributed by atoms with Gasteiger partial charge in [-0.1, -0.05) is 11.6 Å².